The molecule has 1 aromatic rings. The molecule has 1 amide bonds. The molecule has 3 heterocycles. The molecule has 2 aliphatic rings. The molecule has 0 bridgehead atoms. The molecule has 0 aliphatic carbocycles. The Kier molecular flexibility index (Phi) is 5.13. The highest BCUT2D eigenvalue weighted by Gasteiger charge is 2.59. The first-order valence-electron chi connectivity index (χ1n) is 8.94. The molecule has 1 aromatic heterocycles. The second-order valence-electron chi connectivity index (χ2n) is 7.00. The zero-order chi connectivity index (χ0) is 19.8. The van der Waals surface area contributed by atoms with Gasteiger partial charge in [-0.15, -0.1) is 0 Å². The minimum atomic E-state index is -3.42. The molecule has 0 spiro atoms. The summed E-state index contributed by atoms with van der Waals surface area (Å²) in [5, 5.41) is 12.5. The molecule has 2 aliphatic heterocycles. The first kappa shape index (κ1) is 19.6. The normalized spacial score (nSPS) is 25.4. The van der Waals surface area contributed by atoms with Gasteiger partial charge in [-0.1, -0.05) is 0 Å². The number of carbonyl (C=O) groups is 2. The molecular formula is C17H24N4O5S. The topological polar surface area (TPSA) is 120 Å². The maximum Gasteiger partial charge on any atom is 0.313 e. The summed E-state index contributed by atoms with van der Waals surface area (Å²) in [6.45, 7) is 4.70. The number of carbonyl (C=O) groups excluding carboxylic acids is 1. The maximum absolute atomic E-state index is 12.2. The Hall–Kier alpha value is -2.20. The van der Waals surface area contributed by atoms with Crippen LogP contribution in [0.3, 0.4) is 0 Å². The number of sulfonamides is 1. The van der Waals surface area contributed by atoms with Crippen LogP contribution in [0.5, 0.6) is 0 Å². The van der Waals surface area contributed by atoms with Crippen LogP contribution in [-0.2, 0) is 14.8 Å². The van der Waals surface area contributed by atoms with Gasteiger partial charge in [-0.2, -0.15) is 0 Å². The summed E-state index contributed by atoms with van der Waals surface area (Å²) in [5.41, 5.74) is -0.699. The van der Waals surface area contributed by atoms with Gasteiger partial charge in [0.15, 0.2) is 0 Å². The van der Waals surface area contributed by atoms with Gasteiger partial charge in [0.25, 0.3) is 5.91 Å². The molecule has 0 aromatic carbocycles. The molecule has 148 valence electrons. The summed E-state index contributed by atoms with van der Waals surface area (Å²) in [5.74, 6) is -0.953. The van der Waals surface area contributed by atoms with Crippen molar-refractivity contribution in [3.8, 4) is 0 Å². The van der Waals surface area contributed by atoms with E-state index in [-0.39, 0.29) is 37.2 Å². The van der Waals surface area contributed by atoms with Gasteiger partial charge in [0.05, 0.1) is 11.3 Å². The average molecular weight is 396 g/mol. The van der Waals surface area contributed by atoms with Crippen LogP contribution in [0.4, 0.5) is 5.82 Å². The molecule has 9 nitrogen and oxygen atoms in total. The third-order valence-corrected chi connectivity index (χ3v) is 7.23. The fourth-order valence-corrected chi connectivity index (χ4v) is 5.06. The number of rotatable bonds is 6. The highest BCUT2D eigenvalue weighted by molar-refractivity contribution is 7.89. The minimum Gasteiger partial charge on any atom is -0.481 e. The second-order valence-corrected chi connectivity index (χ2v) is 9.25. The lowest BCUT2D eigenvalue weighted by Crippen LogP contribution is -2.42. The van der Waals surface area contributed by atoms with E-state index in [1.54, 1.807) is 19.1 Å². The van der Waals surface area contributed by atoms with E-state index in [1.807, 2.05) is 11.8 Å². The number of aliphatic carboxylic acids is 1. The number of hydrogen-bond acceptors (Lipinski definition) is 6. The molecule has 0 saturated carbocycles. The predicted octanol–water partition coefficient (Wildman–Crippen LogP) is 0.00380. The van der Waals surface area contributed by atoms with Gasteiger partial charge in [-0.05, 0) is 26.0 Å². The van der Waals surface area contributed by atoms with Gasteiger partial charge in [-0.25, -0.2) is 17.7 Å². The van der Waals surface area contributed by atoms with Crippen molar-refractivity contribution in [2.24, 2.45) is 11.3 Å². The van der Waals surface area contributed by atoms with Gasteiger partial charge in [0, 0.05) is 44.8 Å². The molecule has 0 radical (unpaired) electrons. The lowest BCUT2D eigenvalue weighted by atomic mass is 9.81. The molecular weight excluding hydrogens is 372 g/mol. The average Bonchev–Trinajstić information content (AvgIpc) is 3.18. The van der Waals surface area contributed by atoms with Crippen molar-refractivity contribution in [1.82, 2.24) is 14.6 Å². The van der Waals surface area contributed by atoms with Gasteiger partial charge in [0.1, 0.15) is 11.2 Å². The van der Waals surface area contributed by atoms with Crippen LogP contribution in [0.1, 0.15) is 24.2 Å². The van der Waals surface area contributed by atoms with Crippen LogP contribution in [-0.4, -0.2) is 73.2 Å². The monoisotopic (exact) mass is 396 g/mol. The lowest BCUT2D eigenvalue weighted by Gasteiger charge is -2.25. The van der Waals surface area contributed by atoms with Crippen molar-refractivity contribution < 1.29 is 23.1 Å². The van der Waals surface area contributed by atoms with E-state index in [9.17, 15) is 23.1 Å². The number of fused-ring (bicyclic) bond motifs is 1. The number of amides is 1. The van der Waals surface area contributed by atoms with Crippen LogP contribution >= 0.6 is 0 Å². The van der Waals surface area contributed by atoms with Crippen LogP contribution < -0.4 is 10.2 Å². The first-order valence-corrected chi connectivity index (χ1v) is 10.5. The predicted molar refractivity (Wildman–Crippen MR) is 99.0 cm³/mol. The summed E-state index contributed by atoms with van der Waals surface area (Å²) in [7, 11) is -3.42. The van der Waals surface area contributed by atoms with Crippen molar-refractivity contribution in [3.63, 3.8) is 0 Å². The zero-order valence-corrected chi connectivity index (χ0v) is 16.2. The number of carboxylic acids is 1. The fraction of sp³-hybridized carbons (Fsp3) is 0.588. The minimum absolute atomic E-state index is 0.0172. The number of carboxylic acid groups (broad SMARTS) is 1. The Morgan fingerprint density at radius 3 is 2.56 bits per heavy atom. The standard InChI is InChI=1S/C17H24N4O5S/c1-3-18-15(22)12-5-6-14(19-7-12)20-8-13-9-21(27(25,26)4-2)11-17(13,10-20)16(23)24/h5-7,13H,3-4,8-11H2,1-2H3,(H,18,22)(H,23,24)/t13-,17-/m1/s1. The molecule has 2 saturated heterocycles. The second kappa shape index (κ2) is 7.08. The Morgan fingerprint density at radius 2 is 2.04 bits per heavy atom. The van der Waals surface area contributed by atoms with E-state index in [1.165, 1.54) is 10.5 Å². The Balaban J connectivity index is 1.79. The quantitative estimate of drug-likeness (QED) is 0.695. The summed E-state index contributed by atoms with van der Waals surface area (Å²) in [4.78, 5) is 30.0. The Labute approximate surface area is 158 Å². The van der Waals surface area contributed by atoms with E-state index < -0.39 is 21.4 Å². The molecule has 10 heteroatoms. The first-order chi connectivity index (χ1) is 12.7. The third-order valence-electron chi connectivity index (χ3n) is 5.43. The summed E-state index contributed by atoms with van der Waals surface area (Å²) >= 11 is 0. The van der Waals surface area contributed by atoms with E-state index in [0.717, 1.165) is 0 Å². The number of pyridine rings is 1. The maximum atomic E-state index is 12.2. The summed E-state index contributed by atoms with van der Waals surface area (Å²) < 4.78 is 25.6. The van der Waals surface area contributed by atoms with Gasteiger partial charge < -0.3 is 15.3 Å². The van der Waals surface area contributed by atoms with E-state index in [0.29, 0.717) is 24.5 Å². The van der Waals surface area contributed by atoms with E-state index in [2.05, 4.69) is 10.3 Å². The molecule has 2 fully saturated rings. The van der Waals surface area contributed by atoms with Crippen LogP contribution in [0.25, 0.3) is 0 Å². The smallest absolute Gasteiger partial charge is 0.313 e. The highest BCUT2D eigenvalue weighted by atomic mass is 32.2. The van der Waals surface area contributed by atoms with Crippen LogP contribution in [0, 0.1) is 11.3 Å². The van der Waals surface area contributed by atoms with Crippen molar-refractivity contribution >= 4 is 27.7 Å². The van der Waals surface area contributed by atoms with Crippen molar-refractivity contribution in [1.29, 1.82) is 0 Å². The van der Waals surface area contributed by atoms with Crippen molar-refractivity contribution in [3.05, 3.63) is 23.9 Å². The van der Waals surface area contributed by atoms with E-state index in [4.69, 9.17) is 0 Å². The number of hydrogen-bond donors (Lipinski definition) is 2. The number of nitrogens with zero attached hydrogens (tertiary/aromatic N) is 3. The zero-order valence-electron chi connectivity index (χ0n) is 15.4. The fourth-order valence-electron chi connectivity index (χ4n) is 3.86. The highest BCUT2D eigenvalue weighted by Crippen LogP contribution is 2.44. The number of nitrogens with one attached hydrogen (secondary N) is 1. The van der Waals surface area contributed by atoms with Crippen LogP contribution in [0.15, 0.2) is 18.3 Å². The van der Waals surface area contributed by atoms with Crippen LogP contribution in [0.2, 0.25) is 0 Å². The van der Waals surface area contributed by atoms with Crippen molar-refractivity contribution in [2.45, 2.75) is 13.8 Å². The largest absolute Gasteiger partial charge is 0.481 e. The van der Waals surface area contributed by atoms with Gasteiger partial charge in [-0.3, -0.25) is 9.59 Å². The van der Waals surface area contributed by atoms with Crippen molar-refractivity contribution in [2.75, 3.05) is 43.4 Å². The van der Waals surface area contributed by atoms with Gasteiger partial charge >= 0.3 is 5.97 Å². The SMILES string of the molecule is CCNC(=O)c1ccc(N2C[C@@H]3CN(S(=O)(=O)CC)C[C@]3(C(=O)O)C2)nc1. The summed E-state index contributed by atoms with van der Waals surface area (Å²) in [6.07, 6.45) is 1.47. The number of anilines is 1. The Morgan fingerprint density at radius 1 is 1.30 bits per heavy atom. The van der Waals surface area contributed by atoms with E-state index >= 15 is 0 Å². The lowest BCUT2D eigenvalue weighted by molar-refractivity contribution is -0.148. The molecule has 0 unspecified atom stereocenters. The molecule has 2 N–H and O–H groups in total. The molecule has 2 atom stereocenters. The number of aromatic nitrogens is 1. The third kappa shape index (κ3) is 3.39. The Bertz CT molecular complexity index is 841. The van der Waals surface area contributed by atoms with Gasteiger partial charge in [0.2, 0.25) is 10.0 Å². The molecule has 3 rings (SSSR count). The molecule has 27 heavy (non-hydrogen) atoms. The summed E-state index contributed by atoms with van der Waals surface area (Å²) in [6, 6.07) is 3.35.